The van der Waals surface area contributed by atoms with Crippen molar-refractivity contribution >= 4 is 0 Å². The first-order valence-corrected chi connectivity index (χ1v) is 5.32. The molecular weight excluding hydrogens is 170 g/mol. The van der Waals surface area contributed by atoms with E-state index >= 15 is 0 Å². The molecule has 80 valence electrons. The van der Waals surface area contributed by atoms with Gasteiger partial charge in [0.2, 0.25) is 0 Å². The van der Waals surface area contributed by atoms with Crippen molar-refractivity contribution in [3.63, 3.8) is 0 Å². The van der Waals surface area contributed by atoms with Crippen molar-refractivity contribution in [3.05, 3.63) is 36.7 Å². The summed E-state index contributed by atoms with van der Waals surface area (Å²) in [6.45, 7) is 10.2. The zero-order valence-corrected chi connectivity index (χ0v) is 9.96. The Balaban J connectivity index is 4.19. The summed E-state index contributed by atoms with van der Waals surface area (Å²) in [4.78, 5) is 2.08. The summed E-state index contributed by atoms with van der Waals surface area (Å²) in [5.74, 6) is 0.601. The fraction of sp³-hybridized carbons (Fsp3) is 0.538. The highest BCUT2D eigenvalue weighted by Crippen LogP contribution is 2.15. The van der Waals surface area contributed by atoms with Crippen molar-refractivity contribution in [2.75, 3.05) is 7.05 Å². The standard InChI is InChI=1S/C13H23N/c1-6-9-10-12(4)11-13(7-2)14(5)8-3/h7-10,12H,3,6,11H2,1-2,4-5H3/b10-9+,13-7-. The monoisotopic (exact) mass is 193 g/mol. The van der Waals surface area contributed by atoms with Crippen LogP contribution in [0.1, 0.15) is 33.6 Å². The van der Waals surface area contributed by atoms with Gasteiger partial charge < -0.3 is 4.90 Å². The summed E-state index contributed by atoms with van der Waals surface area (Å²) >= 11 is 0. The van der Waals surface area contributed by atoms with Gasteiger partial charge in [-0.25, -0.2) is 0 Å². The maximum atomic E-state index is 3.77. The van der Waals surface area contributed by atoms with Crippen molar-refractivity contribution in [1.29, 1.82) is 0 Å². The smallest absolute Gasteiger partial charge is 0.0134 e. The molecule has 0 aliphatic carbocycles. The van der Waals surface area contributed by atoms with Gasteiger partial charge in [-0.15, -0.1) is 0 Å². The second-order valence-corrected chi connectivity index (χ2v) is 3.59. The van der Waals surface area contributed by atoms with Gasteiger partial charge in [-0.1, -0.05) is 38.7 Å². The minimum Gasteiger partial charge on any atom is -0.355 e. The van der Waals surface area contributed by atoms with E-state index in [2.05, 4.69) is 50.5 Å². The molecule has 0 aliphatic rings. The predicted molar refractivity (Wildman–Crippen MR) is 64.9 cm³/mol. The lowest BCUT2D eigenvalue weighted by molar-refractivity contribution is 0.507. The summed E-state index contributed by atoms with van der Waals surface area (Å²) in [5.41, 5.74) is 1.33. The third kappa shape index (κ3) is 4.90. The van der Waals surface area contributed by atoms with Gasteiger partial charge >= 0.3 is 0 Å². The molecule has 0 heterocycles. The summed E-state index contributed by atoms with van der Waals surface area (Å²) in [6, 6.07) is 0. The molecule has 1 unspecified atom stereocenters. The zero-order chi connectivity index (χ0) is 11.0. The molecule has 0 aromatic carbocycles. The Morgan fingerprint density at radius 3 is 2.57 bits per heavy atom. The lowest BCUT2D eigenvalue weighted by atomic mass is 10.0. The van der Waals surface area contributed by atoms with Crippen LogP contribution in [0.3, 0.4) is 0 Å². The van der Waals surface area contributed by atoms with Crippen molar-refractivity contribution in [2.45, 2.75) is 33.6 Å². The number of nitrogens with zero attached hydrogens (tertiary/aromatic N) is 1. The highest BCUT2D eigenvalue weighted by atomic mass is 15.1. The highest BCUT2D eigenvalue weighted by molar-refractivity contribution is 5.05. The van der Waals surface area contributed by atoms with E-state index in [0.29, 0.717) is 5.92 Å². The van der Waals surface area contributed by atoms with E-state index in [0.717, 1.165) is 12.8 Å². The molecule has 0 bridgehead atoms. The molecule has 0 aromatic rings. The van der Waals surface area contributed by atoms with Crippen LogP contribution in [0.15, 0.2) is 36.7 Å². The molecule has 1 atom stereocenters. The van der Waals surface area contributed by atoms with E-state index in [-0.39, 0.29) is 0 Å². The molecule has 0 amide bonds. The number of hydrogen-bond donors (Lipinski definition) is 0. The topological polar surface area (TPSA) is 3.24 Å². The van der Waals surface area contributed by atoms with E-state index < -0.39 is 0 Å². The molecule has 0 rings (SSSR count). The molecule has 0 fully saturated rings. The van der Waals surface area contributed by atoms with Gasteiger partial charge in [0, 0.05) is 12.7 Å². The highest BCUT2D eigenvalue weighted by Gasteiger charge is 2.04. The fourth-order valence-corrected chi connectivity index (χ4v) is 1.35. The second kappa shape index (κ2) is 7.43. The normalized spacial score (nSPS) is 14.4. The van der Waals surface area contributed by atoms with Gasteiger partial charge in [0.25, 0.3) is 0 Å². The maximum Gasteiger partial charge on any atom is 0.0134 e. The predicted octanol–water partition coefficient (Wildman–Crippen LogP) is 3.96. The molecule has 0 N–H and O–H groups in total. The molecule has 14 heavy (non-hydrogen) atoms. The van der Waals surface area contributed by atoms with Gasteiger partial charge in [-0.05, 0) is 31.9 Å². The summed E-state index contributed by atoms with van der Waals surface area (Å²) < 4.78 is 0. The van der Waals surface area contributed by atoms with Crippen molar-refractivity contribution < 1.29 is 0 Å². The third-order valence-electron chi connectivity index (χ3n) is 2.29. The van der Waals surface area contributed by atoms with Crippen LogP contribution in [0, 0.1) is 5.92 Å². The van der Waals surface area contributed by atoms with Crippen LogP contribution in [0.25, 0.3) is 0 Å². The Bertz CT molecular complexity index is 213. The van der Waals surface area contributed by atoms with E-state index in [9.17, 15) is 0 Å². The Morgan fingerprint density at radius 2 is 2.14 bits per heavy atom. The van der Waals surface area contributed by atoms with Gasteiger partial charge in [-0.3, -0.25) is 0 Å². The first-order valence-electron chi connectivity index (χ1n) is 5.32. The Hall–Kier alpha value is -0.980. The average molecular weight is 193 g/mol. The lowest BCUT2D eigenvalue weighted by Crippen LogP contribution is -2.11. The first kappa shape index (κ1) is 13.0. The maximum absolute atomic E-state index is 3.77. The third-order valence-corrected chi connectivity index (χ3v) is 2.29. The van der Waals surface area contributed by atoms with Crippen LogP contribution in [0.2, 0.25) is 0 Å². The Morgan fingerprint density at radius 1 is 1.50 bits per heavy atom. The largest absolute Gasteiger partial charge is 0.355 e. The van der Waals surface area contributed by atoms with Crippen molar-refractivity contribution in [2.24, 2.45) is 5.92 Å². The molecule has 0 radical (unpaired) electrons. The minimum absolute atomic E-state index is 0.601. The lowest BCUT2D eigenvalue weighted by Gasteiger charge is -2.19. The molecule has 0 saturated heterocycles. The number of hydrogen-bond acceptors (Lipinski definition) is 1. The van der Waals surface area contributed by atoms with Crippen LogP contribution in [-0.4, -0.2) is 11.9 Å². The summed E-state index contributed by atoms with van der Waals surface area (Å²) in [6.07, 6.45) is 10.7. The van der Waals surface area contributed by atoms with Crippen LogP contribution in [-0.2, 0) is 0 Å². The molecule has 0 spiro atoms. The average Bonchev–Trinajstić information content (AvgIpc) is 2.21. The molecule has 1 nitrogen and oxygen atoms in total. The molecule has 0 aromatic heterocycles. The Labute approximate surface area is 88.8 Å². The van der Waals surface area contributed by atoms with Gasteiger partial charge in [0.15, 0.2) is 0 Å². The van der Waals surface area contributed by atoms with Gasteiger partial charge in [-0.2, -0.15) is 0 Å². The number of allylic oxidation sites excluding steroid dienone is 4. The summed E-state index contributed by atoms with van der Waals surface area (Å²) in [5, 5.41) is 0. The van der Waals surface area contributed by atoms with E-state index in [1.807, 2.05) is 13.2 Å². The molecular formula is C13H23N. The van der Waals surface area contributed by atoms with E-state index in [1.54, 1.807) is 0 Å². The van der Waals surface area contributed by atoms with Crippen LogP contribution < -0.4 is 0 Å². The minimum atomic E-state index is 0.601. The Kier molecular flexibility index (Phi) is 6.91. The van der Waals surface area contributed by atoms with E-state index in [4.69, 9.17) is 0 Å². The summed E-state index contributed by atoms with van der Waals surface area (Å²) in [7, 11) is 2.04. The fourth-order valence-electron chi connectivity index (χ4n) is 1.35. The SMILES string of the molecule is C=CN(C)/C(=C\C)CC(C)/C=C/CC. The van der Waals surface area contributed by atoms with E-state index in [1.165, 1.54) is 5.70 Å². The molecule has 1 heteroatoms. The number of rotatable bonds is 6. The van der Waals surface area contributed by atoms with Crippen LogP contribution in [0.4, 0.5) is 0 Å². The zero-order valence-electron chi connectivity index (χ0n) is 9.96. The van der Waals surface area contributed by atoms with Gasteiger partial charge in [0.1, 0.15) is 0 Å². The van der Waals surface area contributed by atoms with Gasteiger partial charge in [0.05, 0.1) is 0 Å². The van der Waals surface area contributed by atoms with Crippen LogP contribution in [0.5, 0.6) is 0 Å². The van der Waals surface area contributed by atoms with Crippen molar-refractivity contribution in [3.8, 4) is 0 Å². The van der Waals surface area contributed by atoms with Crippen LogP contribution >= 0.6 is 0 Å². The first-order chi connectivity index (χ1) is 6.65. The quantitative estimate of drug-likeness (QED) is 0.577. The second-order valence-electron chi connectivity index (χ2n) is 3.59. The molecule has 0 aliphatic heterocycles. The molecule has 0 saturated carbocycles. The van der Waals surface area contributed by atoms with Crippen molar-refractivity contribution in [1.82, 2.24) is 4.90 Å².